The number of nitrogens with one attached hydrogen (secondary N) is 1. The molecule has 2 aromatic rings. The molecule has 5 nitrogen and oxygen atoms in total. The summed E-state index contributed by atoms with van der Waals surface area (Å²) >= 11 is 1.74. The third-order valence-corrected chi connectivity index (χ3v) is 4.74. The van der Waals surface area contributed by atoms with Crippen molar-refractivity contribution >= 4 is 17.2 Å². The van der Waals surface area contributed by atoms with Crippen molar-refractivity contribution in [2.24, 2.45) is 0 Å². The van der Waals surface area contributed by atoms with Crippen molar-refractivity contribution in [3.63, 3.8) is 0 Å². The lowest BCUT2D eigenvalue weighted by atomic mass is 10.2. The number of aryl methyl sites for hydroxylation is 1. The molecule has 0 aromatic carbocycles. The Morgan fingerprint density at radius 1 is 1.52 bits per heavy atom. The zero-order valence-corrected chi connectivity index (χ0v) is 12.9. The van der Waals surface area contributed by atoms with Gasteiger partial charge in [0.2, 0.25) is 0 Å². The number of thiophene rings is 1. The monoisotopic (exact) mass is 305 g/mol. The van der Waals surface area contributed by atoms with E-state index in [1.54, 1.807) is 24.3 Å². The summed E-state index contributed by atoms with van der Waals surface area (Å²) in [7, 11) is 0. The van der Waals surface area contributed by atoms with E-state index in [0.29, 0.717) is 18.0 Å². The third kappa shape index (κ3) is 3.33. The molecule has 3 heterocycles. The minimum atomic E-state index is -0.174. The van der Waals surface area contributed by atoms with Crippen LogP contribution in [0.5, 0.6) is 0 Å². The maximum atomic E-state index is 12.1. The predicted octanol–water partition coefficient (Wildman–Crippen LogP) is 2.61. The van der Waals surface area contributed by atoms with Crippen LogP contribution >= 0.6 is 11.3 Å². The molecule has 2 aromatic heterocycles. The van der Waals surface area contributed by atoms with Crippen LogP contribution in [0.2, 0.25) is 0 Å². The molecule has 0 unspecified atom stereocenters. The van der Waals surface area contributed by atoms with Crippen molar-refractivity contribution in [3.05, 3.63) is 39.9 Å². The molecule has 0 spiro atoms. The Hall–Kier alpha value is -1.66. The van der Waals surface area contributed by atoms with E-state index in [4.69, 9.17) is 4.52 Å². The molecule has 1 aliphatic rings. The van der Waals surface area contributed by atoms with Gasteiger partial charge in [-0.3, -0.25) is 9.69 Å². The molecule has 21 heavy (non-hydrogen) atoms. The number of aromatic nitrogens is 1. The van der Waals surface area contributed by atoms with Crippen LogP contribution in [0.15, 0.2) is 28.1 Å². The summed E-state index contributed by atoms with van der Waals surface area (Å²) in [6.07, 6.45) is 2.47. The standard InChI is InChI=1S/C15H19N3O2S/c1-11-9-12(17-20-11)15(19)16-10-13(14-5-4-8-21-14)18-6-2-3-7-18/h4-5,8-9,13H,2-3,6-7,10H2,1H3,(H,16,19)/t13-/m0/s1. The summed E-state index contributed by atoms with van der Waals surface area (Å²) in [4.78, 5) is 15.8. The Labute approximate surface area is 127 Å². The van der Waals surface area contributed by atoms with Gasteiger partial charge in [0, 0.05) is 17.5 Å². The minimum absolute atomic E-state index is 0.174. The first-order valence-corrected chi connectivity index (χ1v) is 8.11. The molecule has 1 aliphatic heterocycles. The number of carbonyl (C=O) groups excluding carboxylic acids is 1. The van der Waals surface area contributed by atoms with Crippen molar-refractivity contribution < 1.29 is 9.32 Å². The fourth-order valence-corrected chi connectivity index (χ4v) is 3.56. The maximum absolute atomic E-state index is 12.1. The number of hydrogen-bond acceptors (Lipinski definition) is 5. The summed E-state index contributed by atoms with van der Waals surface area (Å²) in [6, 6.07) is 6.11. The van der Waals surface area contributed by atoms with E-state index >= 15 is 0 Å². The highest BCUT2D eigenvalue weighted by Crippen LogP contribution is 2.27. The van der Waals surface area contributed by atoms with Crippen molar-refractivity contribution in [3.8, 4) is 0 Å². The highest BCUT2D eigenvalue weighted by atomic mass is 32.1. The van der Waals surface area contributed by atoms with Gasteiger partial charge in [0.05, 0.1) is 6.04 Å². The van der Waals surface area contributed by atoms with E-state index in [1.807, 2.05) is 0 Å². The fourth-order valence-electron chi connectivity index (χ4n) is 2.70. The van der Waals surface area contributed by atoms with Gasteiger partial charge >= 0.3 is 0 Å². The molecule has 1 fully saturated rings. The summed E-state index contributed by atoms with van der Waals surface area (Å²) in [5, 5.41) is 8.82. The molecule has 1 N–H and O–H groups in total. The van der Waals surface area contributed by atoms with Crippen LogP contribution in [0.25, 0.3) is 0 Å². The van der Waals surface area contributed by atoms with Gasteiger partial charge in [-0.25, -0.2) is 0 Å². The molecule has 1 amide bonds. The highest BCUT2D eigenvalue weighted by molar-refractivity contribution is 7.10. The summed E-state index contributed by atoms with van der Waals surface area (Å²) in [5.41, 5.74) is 0.346. The lowest BCUT2D eigenvalue weighted by molar-refractivity contribution is 0.0929. The van der Waals surface area contributed by atoms with E-state index < -0.39 is 0 Å². The smallest absolute Gasteiger partial charge is 0.273 e. The summed E-state index contributed by atoms with van der Waals surface area (Å²) in [5.74, 6) is 0.474. The molecule has 112 valence electrons. The fraction of sp³-hybridized carbons (Fsp3) is 0.467. The highest BCUT2D eigenvalue weighted by Gasteiger charge is 2.25. The van der Waals surface area contributed by atoms with Crippen molar-refractivity contribution in [2.75, 3.05) is 19.6 Å². The Bertz CT molecular complexity index is 588. The largest absolute Gasteiger partial charge is 0.361 e. The molecular weight excluding hydrogens is 286 g/mol. The number of nitrogens with zero attached hydrogens (tertiary/aromatic N) is 2. The number of hydrogen-bond donors (Lipinski definition) is 1. The van der Waals surface area contributed by atoms with E-state index in [9.17, 15) is 4.79 Å². The van der Waals surface area contributed by atoms with Crippen LogP contribution in [-0.4, -0.2) is 35.6 Å². The van der Waals surface area contributed by atoms with Gasteiger partial charge in [0.15, 0.2) is 5.69 Å². The Kier molecular flexibility index (Phi) is 4.36. The predicted molar refractivity (Wildman–Crippen MR) is 81.4 cm³/mol. The first kappa shape index (κ1) is 14.3. The number of carbonyl (C=O) groups is 1. The molecule has 3 rings (SSSR count). The molecule has 0 bridgehead atoms. The first-order chi connectivity index (χ1) is 10.2. The van der Waals surface area contributed by atoms with Crippen LogP contribution in [0.3, 0.4) is 0 Å². The molecule has 0 saturated carbocycles. The number of likely N-dealkylation sites (tertiary alicyclic amines) is 1. The molecular formula is C15H19N3O2S. The zero-order valence-electron chi connectivity index (χ0n) is 12.0. The second-order valence-corrected chi connectivity index (χ2v) is 6.29. The Balaban J connectivity index is 1.66. The number of amides is 1. The lowest BCUT2D eigenvalue weighted by Crippen LogP contribution is -2.36. The first-order valence-electron chi connectivity index (χ1n) is 7.23. The van der Waals surface area contributed by atoms with Crippen LogP contribution in [0.4, 0.5) is 0 Å². The summed E-state index contributed by atoms with van der Waals surface area (Å²) < 4.78 is 4.95. The van der Waals surface area contributed by atoms with Gasteiger partial charge in [-0.05, 0) is 44.3 Å². The topological polar surface area (TPSA) is 58.4 Å². The SMILES string of the molecule is Cc1cc(C(=O)NC[C@@H](c2cccs2)N2CCCC2)no1. The molecule has 1 saturated heterocycles. The van der Waals surface area contributed by atoms with E-state index in [1.165, 1.54) is 17.7 Å². The van der Waals surface area contributed by atoms with Gasteiger partial charge < -0.3 is 9.84 Å². The molecule has 6 heteroatoms. The van der Waals surface area contributed by atoms with Crippen LogP contribution in [0, 0.1) is 6.92 Å². The van der Waals surface area contributed by atoms with Gasteiger partial charge in [-0.1, -0.05) is 11.2 Å². The third-order valence-electron chi connectivity index (χ3n) is 3.77. The van der Waals surface area contributed by atoms with Crippen LogP contribution < -0.4 is 5.32 Å². The maximum Gasteiger partial charge on any atom is 0.273 e. The Morgan fingerprint density at radius 2 is 2.33 bits per heavy atom. The van der Waals surface area contributed by atoms with E-state index in [0.717, 1.165) is 13.1 Å². The van der Waals surface area contributed by atoms with Crippen LogP contribution in [-0.2, 0) is 0 Å². The normalized spacial score (nSPS) is 17.0. The van der Waals surface area contributed by atoms with Crippen molar-refractivity contribution in [1.29, 1.82) is 0 Å². The van der Waals surface area contributed by atoms with E-state index in [-0.39, 0.29) is 11.9 Å². The van der Waals surface area contributed by atoms with Gasteiger partial charge in [0.1, 0.15) is 5.76 Å². The second kappa shape index (κ2) is 6.41. The second-order valence-electron chi connectivity index (χ2n) is 5.31. The van der Waals surface area contributed by atoms with E-state index in [2.05, 4.69) is 32.9 Å². The van der Waals surface area contributed by atoms with Crippen molar-refractivity contribution in [1.82, 2.24) is 15.4 Å². The van der Waals surface area contributed by atoms with Gasteiger partial charge in [0.25, 0.3) is 5.91 Å². The Morgan fingerprint density at radius 3 is 2.95 bits per heavy atom. The average Bonchev–Trinajstić information content (AvgIpc) is 3.21. The van der Waals surface area contributed by atoms with Gasteiger partial charge in [-0.2, -0.15) is 0 Å². The summed E-state index contributed by atoms with van der Waals surface area (Å²) in [6.45, 7) is 4.58. The average molecular weight is 305 g/mol. The minimum Gasteiger partial charge on any atom is -0.361 e. The quantitative estimate of drug-likeness (QED) is 0.922. The lowest BCUT2D eigenvalue weighted by Gasteiger charge is -2.26. The van der Waals surface area contributed by atoms with Gasteiger partial charge in [-0.15, -0.1) is 11.3 Å². The number of rotatable bonds is 5. The van der Waals surface area contributed by atoms with Crippen LogP contribution in [0.1, 0.15) is 40.0 Å². The molecule has 1 atom stereocenters. The molecule has 0 aliphatic carbocycles. The zero-order chi connectivity index (χ0) is 14.7. The van der Waals surface area contributed by atoms with Crippen molar-refractivity contribution in [2.45, 2.75) is 25.8 Å². The molecule has 0 radical (unpaired) electrons.